The summed E-state index contributed by atoms with van der Waals surface area (Å²) in [5.41, 5.74) is 0.807. The number of nitrogens with zero attached hydrogens (tertiary/aromatic N) is 2. The second kappa shape index (κ2) is 4.63. The van der Waals surface area contributed by atoms with Crippen LogP contribution in [0, 0.1) is 0 Å². The summed E-state index contributed by atoms with van der Waals surface area (Å²) in [4.78, 5) is 8.40. The Balaban J connectivity index is 2.05. The van der Waals surface area contributed by atoms with Crippen LogP contribution in [0.2, 0.25) is 5.15 Å². The molecule has 1 aromatic carbocycles. The first-order valence-corrected chi connectivity index (χ1v) is 5.85. The normalized spacial score (nSPS) is 10.5. The number of rotatable bonds is 2. The zero-order chi connectivity index (χ0) is 12.4. The minimum Gasteiger partial charge on any atom is -0.437 e. The highest BCUT2D eigenvalue weighted by Gasteiger charge is 2.05. The van der Waals surface area contributed by atoms with E-state index in [1.54, 1.807) is 24.4 Å². The van der Waals surface area contributed by atoms with E-state index >= 15 is 0 Å². The molecule has 0 atom stereocenters. The predicted molar refractivity (Wildman–Crippen MR) is 71.1 cm³/mol. The highest BCUT2D eigenvalue weighted by molar-refractivity contribution is 6.29. The fourth-order valence-electron chi connectivity index (χ4n) is 1.72. The first-order chi connectivity index (χ1) is 8.83. The molecule has 0 aliphatic heterocycles. The third kappa shape index (κ3) is 2.13. The number of hydrogen-bond donors (Lipinski definition) is 0. The molecule has 2 heterocycles. The molecule has 4 heteroatoms. The molecular weight excluding hydrogens is 248 g/mol. The lowest BCUT2D eigenvalue weighted by Crippen LogP contribution is -1.90. The summed E-state index contributed by atoms with van der Waals surface area (Å²) in [5, 5.41) is 1.43. The van der Waals surface area contributed by atoms with Gasteiger partial charge in [0.1, 0.15) is 10.7 Å². The third-order valence-corrected chi connectivity index (χ3v) is 2.71. The molecule has 2 aromatic heterocycles. The van der Waals surface area contributed by atoms with E-state index in [0.717, 1.165) is 10.9 Å². The molecule has 0 radical (unpaired) electrons. The third-order valence-electron chi connectivity index (χ3n) is 2.50. The van der Waals surface area contributed by atoms with E-state index in [4.69, 9.17) is 16.3 Å². The minimum atomic E-state index is 0.403. The van der Waals surface area contributed by atoms with E-state index in [-0.39, 0.29) is 0 Å². The Hall–Kier alpha value is -2.13. The maximum Gasteiger partial charge on any atom is 0.220 e. The summed E-state index contributed by atoms with van der Waals surface area (Å²) in [6.45, 7) is 0. The second-order valence-corrected chi connectivity index (χ2v) is 4.12. The SMILES string of the molecule is Clc1cccc(Oc2cccc3cccnc23)n1. The van der Waals surface area contributed by atoms with Crippen LogP contribution in [0.15, 0.2) is 54.7 Å². The number of pyridine rings is 2. The Bertz CT molecular complexity index is 695. The molecule has 0 saturated heterocycles. The Labute approximate surface area is 109 Å². The molecule has 0 fully saturated rings. The summed E-state index contributed by atoms with van der Waals surface area (Å²) < 4.78 is 5.71. The Morgan fingerprint density at radius 2 is 1.78 bits per heavy atom. The molecule has 3 nitrogen and oxygen atoms in total. The molecule has 0 amide bonds. The number of ether oxygens (including phenoxy) is 1. The lowest BCUT2D eigenvalue weighted by atomic mass is 10.2. The van der Waals surface area contributed by atoms with Gasteiger partial charge in [-0.3, -0.25) is 4.98 Å². The van der Waals surface area contributed by atoms with Crippen LogP contribution < -0.4 is 4.74 Å². The highest BCUT2D eigenvalue weighted by Crippen LogP contribution is 2.27. The average molecular weight is 257 g/mol. The summed E-state index contributed by atoms with van der Waals surface area (Å²) in [7, 11) is 0. The van der Waals surface area contributed by atoms with Crippen LogP contribution in [-0.4, -0.2) is 9.97 Å². The van der Waals surface area contributed by atoms with Crippen LogP contribution in [0.25, 0.3) is 10.9 Å². The van der Waals surface area contributed by atoms with Crippen LogP contribution >= 0.6 is 11.6 Å². The van der Waals surface area contributed by atoms with Crippen LogP contribution in [0.4, 0.5) is 0 Å². The van der Waals surface area contributed by atoms with E-state index < -0.39 is 0 Å². The molecule has 0 N–H and O–H groups in total. The Morgan fingerprint density at radius 1 is 0.944 bits per heavy atom. The van der Waals surface area contributed by atoms with Crippen LogP contribution in [-0.2, 0) is 0 Å². The van der Waals surface area contributed by atoms with E-state index in [1.165, 1.54) is 0 Å². The monoisotopic (exact) mass is 256 g/mol. The topological polar surface area (TPSA) is 35.0 Å². The lowest BCUT2D eigenvalue weighted by Gasteiger charge is -2.07. The van der Waals surface area contributed by atoms with Gasteiger partial charge < -0.3 is 4.74 Å². The molecule has 88 valence electrons. The maximum atomic E-state index is 5.82. The van der Waals surface area contributed by atoms with Gasteiger partial charge in [-0.15, -0.1) is 0 Å². The number of halogens is 1. The second-order valence-electron chi connectivity index (χ2n) is 3.73. The number of hydrogen-bond acceptors (Lipinski definition) is 3. The van der Waals surface area contributed by atoms with Crippen molar-refractivity contribution < 1.29 is 4.74 Å². The van der Waals surface area contributed by atoms with E-state index in [0.29, 0.717) is 16.8 Å². The van der Waals surface area contributed by atoms with Crippen LogP contribution in [0.1, 0.15) is 0 Å². The smallest absolute Gasteiger partial charge is 0.220 e. The van der Waals surface area contributed by atoms with Gasteiger partial charge >= 0.3 is 0 Å². The summed E-state index contributed by atoms with van der Waals surface area (Å²) >= 11 is 5.82. The maximum absolute atomic E-state index is 5.82. The first-order valence-electron chi connectivity index (χ1n) is 5.47. The highest BCUT2D eigenvalue weighted by atomic mass is 35.5. The quantitative estimate of drug-likeness (QED) is 0.648. The van der Waals surface area contributed by atoms with Crippen molar-refractivity contribution in [1.29, 1.82) is 0 Å². The summed E-state index contributed by atoms with van der Waals surface area (Å²) in [6, 6.07) is 14.9. The lowest BCUT2D eigenvalue weighted by molar-refractivity contribution is 0.467. The number of fused-ring (bicyclic) bond motifs is 1. The predicted octanol–water partition coefficient (Wildman–Crippen LogP) is 4.08. The molecule has 3 aromatic rings. The van der Waals surface area contributed by atoms with Crippen molar-refractivity contribution in [2.24, 2.45) is 0 Å². The zero-order valence-corrected chi connectivity index (χ0v) is 10.1. The fourth-order valence-corrected chi connectivity index (χ4v) is 1.87. The Morgan fingerprint density at radius 3 is 2.67 bits per heavy atom. The first kappa shape index (κ1) is 11.0. The van der Waals surface area contributed by atoms with Crippen molar-refractivity contribution in [2.75, 3.05) is 0 Å². The fraction of sp³-hybridized carbons (Fsp3) is 0. The standard InChI is InChI=1S/C14H9ClN2O/c15-12-7-2-8-13(17-12)18-11-6-1-4-10-5-3-9-16-14(10)11/h1-9H. The van der Waals surface area contributed by atoms with Gasteiger partial charge in [-0.2, -0.15) is 0 Å². The largest absolute Gasteiger partial charge is 0.437 e. The molecule has 0 bridgehead atoms. The van der Waals surface area contributed by atoms with Crippen molar-refractivity contribution in [1.82, 2.24) is 9.97 Å². The molecular formula is C14H9ClN2O. The van der Waals surface area contributed by atoms with Crippen molar-refractivity contribution in [3.63, 3.8) is 0 Å². The van der Waals surface area contributed by atoms with E-state index in [9.17, 15) is 0 Å². The van der Waals surface area contributed by atoms with Gasteiger partial charge in [0.2, 0.25) is 5.88 Å². The molecule has 18 heavy (non-hydrogen) atoms. The molecule has 0 unspecified atom stereocenters. The molecule has 0 aliphatic rings. The average Bonchev–Trinajstić information content (AvgIpc) is 2.39. The minimum absolute atomic E-state index is 0.403. The van der Waals surface area contributed by atoms with Gasteiger partial charge in [-0.25, -0.2) is 4.98 Å². The molecule has 3 rings (SSSR count). The number of para-hydroxylation sites is 1. The van der Waals surface area contributed by atoms with Gasteiger partial charge in [0.05, 0.1) is 0 Å². The number of benzene rings is 1. The summed E-state index contributed by atoms with van der Waals surface area (Å²) in [6.07, 6.45) is 1.74. The van der Waals surface area contributed by atoms with Gasteiger partial charge in [0, 0.05) is 17.6 Å². The van der Waals surface area contributed by atoms with Crippen LogP contribution in [0.5, 0.6) is 11.6 Å². The molecule has 0 aliphatic carbocycles. The van der Waals surface area contributed by atoms with Crippen molar-refractivity contribution in [3.05, 3.63) is 59.9 Å². The molecule has 0 saturated carbocycles. The molecule has 0 spiro atoms. The van der Waals surface area contributed by atoms with Gasteiger partial charge in [0.15, 0.2) is 5.75 Å². The van der Waals surface area contributed by atoms with Gasteiger partial charge in [0.25, 0.3) is 0 Å². The number of aromatic nitrogens is 2. The summed E-state index contributed by atoms with van der Waals surface area (Å²) in [5.74, 6) is 1.13. The van der Waals surface area contributed by atoms with Crippen molar-refractivity contribution in [3.8, 4) is 11.6 Å². The van der Waals surface area contributed by atoms with Crippen LogP contribution in [0.3, 0.4) is 0 Å². The van der Waals surface area contributed by atoms with E-state index in [2.05, 4.69) is 9.97 Å². The van der Waals surface area contributed by atoms with Gasteiger partial charge in [-0.05, 0) is 18.2 Å². The van der Waals surface area contributed by atoms with Crippen molar-refractivity contribution >= 4 is 22.5 Å². The van der Waals surface area contributed by atoms with E-state index in [1.807, 2.05) is 30.3 Å². The van der Waals surface area contributed by atoms with Gasteiger partial charge in [-0.1, -0.05) is 35.9 Å². The Kier molecular flexibility index (Phi) is 2.82. The van der Waals surface area contributed by atoms with Crippen molar-refractivity contribution in [2.45, 2.75) is 0 Å². The zero-order valence-electron chi connectivity index (χ0n) is 9.38.